The molecular formula is C23H45N2+. The predicted octanol–water partition coefficient (Wildman–Crippen LogP) is 6.88. The van der Waals surface area contributed by atoms with E-state index in [0.717, 1.165) is 0 Å². The first-order chi connectivity index (χ1) is 12.3. The fourth-order valence-electron chi connectivity index (χ4n) is 3.67. The van der Waals surface area contributed by atoms with Crippen LogP contribution in [0.25, 0.3) is 0 Å². The van der Waals surface area contributed by atoms with Crippen molar-refractivity contribution in [3.8, 4) is 0 Å². The van der Waals surface area contributed by atoms with E-state index in [1.165, 1.54) is 115 Å². The molecule has 0 atom stereocenters. The summed E-state index contributed by atoms with van der Waals surface area (Å²) < 4.78 is 4.58. The molecule has 2 nitrogen and oxygen atoms in total. The summed E-state index contributed by atoms with van der Waals surface area (Å²) in [5.41, 5.74) is 0. The van der Waals surface area contributed by atoms with Crippen molar-refractivity contribution in [2.75, 3.05) is 0 Å². The van der Waals surface area contributed by atoms with Gasteiger partial charge in [-0.15, -0.1) is 0 Å². The first-order valence-electron chi connectivity index (χ1n) is 11.3. The minimum Gasteiger partial charge on any atom is -0.237 e. The van der Waals surface area contributed by atoms with Gasteiger partial charge in [0.2, 0.25) is 0 Å². The number of hydrogen-bond acceptors (Lipinski definition) is 0. The maximum absolute atomic E-state index is 2.38. The van der Waals surface area contributed by atoms with Gasteiger partial charge in [0, 0.05) is 6.92 Å². The Hall–Kier alpha value is -0.790. The number of rotatable bonds is 17. The van der Waals surface area contributed by atoms with Gasteiger partial charge in [0.25, 0.3) is 5.82 Å². The van der Waals surface area contributed by atoms with Gasteiger partial charge in [-0.1, -0.05) is 96.8 Å². The van der Waals surface area contributed by atoms with Crippen LogP contribution in [0.2, 0.25) is 0 Å². The van der Waals surface area contributed by atoms with Crippen molar-refractivity contribution in [2.45, 2.75) is 123 Å². The van der Waals surface area contributed by atoms with Crippen molar-refractivity contribution in [1.82, 2.24) is 4.57 Å². The summed E-state index contributed by atoms with van der Waals surface area (Å²) in [5.74, 6) is 1.36. The number of nitrogens with zero attached hydrogens (tertiary/aromatic N) is 2. The molecular weight excluding hydrogens is 304 g/mol. The summed E-state index contributed by atoms with van der Waals surface area (Å²) in [5, 5.41) is 0. The van der Waals surface area contributed by atoms with Crippen LogP contribution in [0, 0.1) is 6.92 Å². The molecule has 1 heterocycles. The average molecular weight is 350 g/mol. The van der Waals surface area contributed by atoms with Gasteiger partial charge < -0.3 is 0 Å². The van der Waals surface area contributed by atoms with E-state index in [-0.39, 0.29) is 0 Å². The van der Waals surface area contributed by atoms with E-state index in [9.17, 15) is 0 Å². The Balaban J connectivity index is 1.75. The molecule has 1 aromatic heterocycles. The Morgan fingerprint density at radius 3 is 1.44 bits per heavy atom. The molecule has 1 aromatic rings. The van der Waals surface area contributed by atoms with Gasteiger partial charge in [-0.25, -0.2) is 9.13 Å². The third-order valence-electron chi connectivity index (χ3n) is 5.65. The summed E-state index contributed by atoms with van der Waals surface area (Å²) in [6.45, 7) is 5.68. The fraction of sp³-hybridized carbons (Fsp3) is 0.870. The predicted molar refractivity (Wildman–Crippen MR) is 110 cm³/mol. The van der Waals surface area contributed by atoms with E-state index in [0.29, 0.717) is 0 Å². The highest BCUT2D eigenvalue weighted by Crippen LogP contribution is 2.13. The summed E-state index contributed by atoms with van der Waals surface area (Å²) in [6.07, 6.45) is 27.4. The van der Waals surface area contributed by atoms with Crippen molar-refractivity contribution in [1.29, 1.82) is 0 Å². The number of aromatic nitrogens is 2. The van der Waals surface area contributed by atoms with E-state index in [1.54, 1.807) is 0 Å². The van der Waals surface area contributed by atoms with Crippen LogP contribution in [0.1, 0.15) is 115 Å². The van der Waals surface area contributed by atoms with Crippen LogP contribution in [-0.2, 0) is 13.6 Å². The van der Waals surface area contributed by atoms with Gasteiger partial charge in [0.05, 0.1) is 13.6 Å². The molecule has 0 radical (unpaired) electrons. The third kappa shape index (κ3) is 11.4. The van der Waals surface area contributed by atoms with Gasteiger partial charge >= 0.3 is 0 Å². The van der Waals surface area contributed by atoms with Crippen molar-refractivity contribution in [3.63, 3.8) is 0 Å². The normalized spacial score (nSPS) is 11.3. The summed E-state index contributed by atoms with van der Waals surface area (Å²) in [6, 6.07) is 0. The zero-order valence-corrected chi connectivity index (χ0v) is 17.6. The Bertz CT molecular complexity index is 408. The Morgan fingerprint density at radius 2 is 1.08 bits per heavy atom. The lowest BCUT2D eigenvalue weighted by Gasteiger charge is -2.03. The van der Waals surface area contributed by atoms with Crippen LogP contribution in [0.5, 0.6) is 0 Å². The van der Waals surface area contributed by atoms with Crippen LogP contribution in [0.3, 0.4) is 0 Å². The largest absolute Gasteiger partial charge is 0.253 e. The standard InChI is InChI=1S/C23H45N2/c1-4-5-6-7-8-9-10-11-12-13-14-15-16-17-18-19-20-25-22-21-24(3)23(25)2/h21-22H,4-20H2,1-3H3/q+1. The van der Waals surface area contributed by atoms with Gasteiger partial charge in [-0.2, -0.15) is 0 Å². The van der Waals surface area contributed by atoms with E-state index >= 15 is 0 Å². The Labute approximate surface area is 158 Å². The smallest absolute Gasteiger partial charge is 0.237 e. The second kappa shape index (κ2) is 15.5. The molecule has 0 amide bonds. The highest BCUT2D eigenvalue weighted by atomic mass is 15.1. The number of unbranched alkanes of at least 4 members (excludes halogenated alkanes) is 15. The average Bonchev–Trinajstić information content (AvgIpc) is 2.93. The first kappa shape index (κ1) is 22.3. The van der Waals surface area contributed by atoms with E-state index in [1.807, 2.05) is 0 Å². The van der Waals surface area contributed by atoms with Crippen LogP contribution in [0.4, 0.5) is 0 Å². The zero-order valence-electron chi connectivity index (χ0n) is 17.6. The van der Waals surface area contributed by atoms with Crippen LogP contribution >= 0.6 is 0 Å². The fourth-order valence-corrected chi connectivity index (χ4v) is 3.67. The van der Waals surface area contributed by atoms with Gasteiger partial charge in [-0.3, -0.25) is 0 Å². The molecule has 0 unspecified atom stereocenters. The van der Waals surface area contributed by atoms with Crippen molar-refractivity contribution in [3.05, 3.63) is 18.2 Å². The molecule has 1 rings (SSSR count). The van der Waals surface area contributed by atoms with Crippen molar-refractivity contribution >= 4 is 0 Å². The molecule has 0 saturated carbocycles. The highest BCUT2D eigenvalue weighted by Gasteiger charge is 2.07. The van der Waals surface area contributed by atoms with E-state index < -0.39 is 0 Å². The van der Waals surface area contributed by atoms with Crippen molar-refractivity contribution < 1.29 is 4.57 Å². The summed E-state index contributed by atoms with van der Waals surface area (Å²) in [4.78, 5) is 0. The summed E-state index contributed by atoms with van der Waals surface area (Å²) >= 11 is 0. The molecule has 0 bridgehead atoms. The monoisotopic (exact) mass is 349 g/mol. The molecule has 0 fully saturated rings. The van der Waals surface area contributed by atoms with E-state index in [4.69, 9.17) is 0 Å². The quantitative estimate of drug-likeness (QED) is 0.214. The topological polar surface area (TPSA) is 8.81 Å². The van der Waals surface area contributed by atoms with Gasteiger partial charge in [0.1, 0.15) is 12.4 Å². The highest BCUT2D eigenvalue weighted by molar-refractivity contribution is 4.76. The van der Waals surface area contributed by atoms with Gasteiger partial charge in [0.15, 0.2) is 0 Å². The van der Waals surface area contributed by atoms with Crippen LogP contribution < -0.4 is 4.57 Å². The minimum atomic E-state index is 1.19. The molecule has 2 heteroatoms. The lowest BCUT2D eigenvalue weighted by molar-refractivity contribution is -0.702. The van der Waals surface area contributed by atoms with Gasteiger partial charge in [-0.05, 0) is 12.8 Å². The second-order valence-electron chi connectivity index (χ2n) is 7.95. The molecule has 0 aliphatic heterocycles. The minimum absolute atomic E-state index is 1.19. The second-order valence-corrected chi connectivity index (χ2v) is 7.95. The number of hydrogen-bond donors (Lipinski definition) is 0. The lowest BCUT2D eigenvalue weighted by atomic mass is 10.0. The Morgan fingerprint density at radius 1 is 0.680 bits per heavy atom. The number of imidazole rings is 1. The van der Waals surface area contributed by atoms with Crippen LogP contribution in [-0.4, -0.2) is 4.57 Å². The molecule has 0 N–H and O–H groups in total. The number of aryl methyl sites for hydroxylation is 2. The lowest BCUT2D eigenvalue weighted by Crippen LogP contribution is -2.35. The third-order valence-corrected chi connectivity index (χ3v) is 5.65. The molecule has 25 heavy (non-hydrogen) atoms. The van der Waals surface area contributed by atoms with Crippen LogP contribution in [0.15, 0.2) is 12.4 Å². The van der Waals surface area contributed by atoms with Crippen molar-refractivity contribution in [2.24, 2.45) is 7.05 Å². The maximum atomic E-state index is 2.38. The molecule has 0 aromatic carbocycles. The zero-order chi connectivity index (χ0) is 18.2. The molecule has 0 aliphatic rings. The first-order valence-corrected chi connectivity index (χ1v) is 11.3. The molecule has 146 valence electrons. The van der Waals surface area contributed by atoms with E-state index in [2.05, 4.69) is 42.4 Å². The maximum Gasteiger partial charge on any atom is 0.253 e. The molecule has 0 aliphatic carbocycles. The molecule has 0 saturated heterocycles. The Kier molecular flexibility index (Phi) is 13.8. The molecule has 0 spiro atoms. The summed E-state index contributed by atoms with van der Waals surface area (Å²) in [7, 11) is 2.12. The SMILES string of the molecule is CCCCCCCCCCCCCCCCCC[n+]1ccn(C)c1C.